The molecule has 16 heavy (non-hydrogen) atoms. The first-order chi connectivity index (χ1) is 8.53. The zero-order valence-corrected chi connectivity index (χ0v) is 8.60. The molecular weight excluding hydrogens is 220 g/mol. The number of hydrogen-bond acceptors (Lipinski definition) is 7. The van der Waals surface area contributed by atoms with Crippen molar-refractivity contribution in [2.24, 2.45) is 0 Å². The molecule has 0 aliphatic heterocycles. The van der Waals surface area contributed by atoms with Gasteiger partial charge in [0.15, 0.2) is 6.29 Å². The van der Waals surface area contributed by atoms with Gasteiger partial charge in [-0.2, -0.15) is 0 Å². The lowest BCUT2D eigenvalue weighted by Gasteiger charge is -2.31. The Balaban J connectivity index is 4.93. The summed E-state index contributed by atoms with van der Waals surface area (Å²) in [4.78, 5) is 10.4. The fourth-order valence-corrected chi connectivity index (χ4v) is 1.19. The van der Waals surface area contributed by atoms with Crippen LogP contribution in [0, 0.1) is 0 Å². The third kappa shape index (κ3) is 3.78. The molecule has 0 spiro atoms. The van der Waals surface area contributed by atoms with Crippen LogP contribution in [0.2, 0.25) is 0 Å². The van der Waals surface area contributed by atoms with Gasteiger partial charge in [-0.25, -0.2) is 0 Å². The highest BCUT2D eigenvalue weighted by molar-refractivity contribution is 5.56. The molecule has 4 N–H and O–H groups in total. The van der Waals surface area contributed by atoms with Crippen molar-refractivity contribution in [2.75, 3.05) is 20.8 Å². The third-order valence-corrected chi connectivity index (χ3v) is 2.10. The number of aliphatic hydroxyl groups excluding tert-OH is 4. The number of ether oxygens (including phenoxy) is 2. The van der Waals surface area contributed by atoms with E-state index in [1.54, 1.807) is 0 Å². The first-order valence-electron chi connectivity index (χ1n) is 5.86. The highest BCUT2D eigenvalue weighted by atomic mass is 16.5. The lowest BCUT2D eigenvalue weighted by molar-refractivity contribution is -0.164. The molecule has 0 radical (unpaired) electrons. The summed E-state index contributed by atoms with van der Waals surface area (Å²) in [6, 6.07) is 0. The Kier molecular flexibility index (Phi) is 5.70. The van der Waals surface area contributed by atoms with Crippen LogP contribution < -0.4 is 0 Å². The van der Waals surface area contributed by atoms with Gasteiger partial charge < -0.3 is 34.7 Å². The van der Waals surface area contributed by atoms with Crippen LogP contribution in [0.25, 0.3) is 0 Å². The molecule has 0 rings (SSSR count). The van der Waals surface area contributed by atoms with E-state index in [1.807, 2.05) is 0 Å². The largest absolute Gasteiger partial charge is 0.394 e. The Morgan fingerprint density at radius 3 is 2.25 bits per heavy atom. The van der Waals surface area contributed by atoms with E-state index in [2.05, 4.69) is 0 Å². The highest BCUT2D eigenvalue weighted by Gasteiger charge is 2.36. The number of methoxy groups -OCH3 is 2. The smallest absolute Gasteiger partial charge is 0.151 e. The second-order valence-corrected chi connectivity index (χ2v) is 3.13. The molecule has 0 aromatic heterocycles. The number of carbonyl (C=O) groups is 1. The Morgan fingerprint density at radius 2 is 1.81 bits per heavy atom. The van der Waals surface area contributed by atoms with Crippen molar-refractivity contribution in [1.82, 2.24) is 0 Å². The number of aliphatic hydroxyl groups is 4. The van der Waals surface area contributed by atoms with E-state index in [4.69, 9.17) is 17.3 Å². The molecule has 0 aliphatic rings. The minimum Gasteiger partial charge on any atom is -0.394 e. The maximum atomic E-state index is 10.4. The van der Waals surface area contributed by atoms with Crippen LogP contribution in [0.1, 0.15) is 2.74 Å². The molecule has 0 aromatic rings. The van der Waals surface area contributed by atoms with Crippen molar-refractivity contribution >= 4 is 6.29 Å². The van der Waals surface area contributed by atoms with Crippen molar-refractivity contribution in [2.45, 2.75) is 30.5 Å². The Hall–Kier alpha value is -0.570. The first kappa shape index (κ1) is 11.9. The third-order valence-electron chi connectivity index (χ3n) is 2.10. The zero-order valence-electron chi connectivity index (χ0n) is 10.6. The molecule has 0 bridgehead atoms. The van der Waals surface area contributed by atoms with Crippen molar-refractivity contribution in [3.8, 4) is 0 Å². The predicted molar refractivity (Wildman–Crippen MR) is 52.8 cm³/mol. The van der Waals surface area contributed by atoms with E-state index in [1.165, 1.54) is 0 Å². The summed E-state index contributed by atoms with van der Waals surface area (Å²) in [7, 11) is -1.22. The van der Waals surface area contributed by atoms with Crippen LogP contribution in [0.3, 0.4) is 0 Å². The standard InChI is InChI=1S/C9H18O7/c1-15-8(6(13)4-11)9(16-2)7(14)5(12)3-10/h3,5-9,11-14H,4H2,1-2H3/t5?,6-,7-,8-,9-/m1/s1/i1D,2D. The van der Waals surface area contributed by atoms with Crippen LogP contribution in [0.5, 0.6) is 0 Å². The molecule has 0 saturated heterocycles. The first-order valence-corrected chi connectivity index (χ1v) is 4.45. The van der Waals surface area contributed by atoms with E-state index in [9.17, 15) is 20.1 Å². The molecule has 0 amide bonds. The topological polar surface area (TPSA) is 116 Å². The normalized spacial score (nSPS) is 22.5. The van der Waals surface area contributed by atoms with E-state index in [0.717, 1.165) is 0 Å². The number of hydrogen-bond donors (Lipinski definition) is 4. The quantitative estimate of drug-likeness (QED) is 0.341. The Labute approximate surface area is 96.0 Å². The molecule has 0 aliphatic carbocycles. The second-order valence-electron chi connectivity index (χ2n) is 3.13. The van der Waals surface area contributed by atoms with E-state index < -0.39 is 51.3 Å². The van der Waals surface area contributed by atoms with Gasteiger partial charge in [0.05, 0.1) is 9.35 Å². The van der Waals surface area contributed by atoms with Gasteiger partial charge in [-0.05, 0) is 0 Å². The van der Waals surface area contributed by atoms with Crippen LogP contribution in [-0.2, 0) is 14.3 Å². The van der Waals surface area contributed by atoms with Crippen molar-refractivity contribution < 1.29 is 37.4 Å². The van der Waals surface area contributed by atoms with Crippen molar-refractivity contribution in [3.05, 3.63) is 0 Å². The van der Waals surface area contributed by atoms with Gasteiger partial charge >= 0.3 is 0 Å². The average molecular weight is 240 g/mol. The van der Waals surface area contributed by atoms with E-state index in [0.29, 0.717) is 0 Å². The number of carbonyl (C=O) groups excluding carboxylic acids is 1. The Bertz CT molecular complexity index is 231. The molecule has 0 fully saturated rings. The summed E-state index contributed by atoms with van der Waals surface area (Å²) >= 11 is 0. The molecule has 5 atom stereocenters. The van der Waals surface area contributed by atoms with Crippen LogP contribution >= 0.6 is 0 Å². The summed E-state index contributed by atoms with van der Waals surface area (Å²) in [6.07, 6.45) is -7.72. The van der Waals surface area contributed by atoms with Gasteiger partial charge in [0.2, 0.25) is 0 Å². The molecule has 7 heteroatoms. The van der Waals surface area contributed by atoms with Gasteiger partial charge in [-0.1, -0.05) is 0 Å². The van der Waals surface area contributed by atoms with Crippen molar-refractivity contribution in [1.29, 1.82) is 0 Å². The average Bonchev–Trinajstić information content (AvgIpc) is 2.40. The van der Waals surface area contributed by atoms with E-state index in [-0.39, 0.29) is 6.29 Å². The molecule has 0 saturated carbocycles. The Morgan fingerprint density at radius 1 is 1.25 bits per heavy atom. The summed E-state index contributed by atoms with van der Waals surface area (Å²) in [5.74, 6) is 0. The predicted octanol–water partition coefficient (Wildman–Crippen LogP) is -2.71. The molecule has 7 nitrogen and oxygen atoms in total. The highest BCUT2D eigenvalue weighted by Crippen LogP contribution is 2.13. The van der Waals surface area contributed by atoms with E-state index >= 15 is 0 Å². The summed E-state index contributed by atoms with van der Waals surface area (Å²) in [5, 5.41) is 37.1. The SMILES string of the molecule is [2H]CO[C@@H]([C@H](OC[2H])[C@H](O)C(O)C=O)[C@H](O)CO. The molecule has 96 valence electrons. The summed E-state index contributed by atoms with van der Waals surface area (Å²) in [5.41, 5.74) is 0. The number of rotatable bonds is 8. The van der Waals surface area contributed by atoms with Crippen LogP contribution in [0.4, 0.5) is 0 Å². The monoisotopic (exact) mass is 240 g/mol. The molecular formula is C9H18O7. The fraction of sp³-hybridized carbons (Fsp3) is 0.889. The lowest BCUT2D eigenvalue weighted by atomic mass is 9.99. The minimum atomic E-state index is -1.79. The van der Waals surface area contributed by atoms with Gasteiger partial charge in [-0.15, -0.1) is 0 Å². The van der Waals surface area contributed by atoms with Gasteiger partial charge in [0.25, 0.3) is 0 Å². The molecule has 0 heterocycles. The lowest BCUT2D eigenvalue weighted by Crippen LogP contribution is -2.52. The zero-order chi connectivity index (χ0) is 14.1. The molecule has 0 aromatic carbocycles. The maximum Gasteiger partial charge on any atom is 0.151 e. The molecule has 1 unspecified atom stereocenters. The van der Waals surface area contributed by atoms with Crippen LogP contribution in [-0.4, -0.2) is 78.0 Å². The van der Waals surface area contributed by atoms with Gasteiger partial charge in [-0.3, -0.25) is 0 Å². The maximum absolute atomic E-state index is 10.4. The summed E-state index contributed by atoms with van der Waals surface area (Å²) < 4.78 is 23.4. The summed E-state index contributed by atoms with van der Waals surface area (Å²) in [6.45, 7) is -0.730. The van der Waals surface area contributed by atoms with Crippen molar-refractivity contribution in [3.63, 3.8) is 0 Å². The second kappa shape index (κ2) is 7.66. The minimum absolute atomic E-state index is 0.0635. The van der Waals surface area contributed by atoms with Crippen LogP contribution in [0.15, 0.2) is 0 Å². The van der Waals surface area contributed by atoms with Gasteiger partial charge in [0, 0.05) is 14.2 Å². The fourth-order valence-electron chi connectivity index (χ4n) is 1.19. The number of aldehydes is 1. The van der Waals surface area contributed by atoms with Gasteiger partial charge in [0.1, 0.15) is 30.5 Å².